The topological polar surface area (TPSA) is 96.0 Å². The highest BCUT2D eigenvalue weighted by Crippen LogP contribution is 2.32. The van der Waals surface area contributed by atoms with Crippen LogP contribution in [0, 0.1) is 6.92 Å². The van der Waals surface area contributed by atoms with Gasteiger partial charge in [0.1, 0.15) is 18.3 Å². The van der Waals surface area contributed by atoms with Crippen LogP contribution in [0.3, 0.4) is 0 Å². The summed E-state index contributed by atoms with van der Waals surface area (Å²) in [5.74, 6) is -0.567. The Morgan fingerprint density at radius 3 is 2.17 bits per heavy atom. The Bertz CT molecular complexity index is 1730. The Balaban J connectivity index is 1.81. The number of halogens is 2. The molecule has 11 heteroatoms. The number of hydrogen-bond donors (Lipinski definition) is 1. The van der Waals surface area contributed by atoms with Crippen molar-refractivity contribution in [3.63, 3.8) is 0 Å². The number of methoxy groups -OCH3 is 1. The Hall–Kier alpha value is -4.05. The quantitative estimate of drug-likeness (QED) is 0.160. The molecule has 4 aromatic rings. The Kier molecular flexibility index (Phi) is 12.1. The fraction of sp³-hybridized carbons (Fsp3) is 0.257. The second kappa shape index (κ2) is 16.0. The lowest BCUT2D eigenvalue weighted by molar-refractivity contribution is -0.140. The first-order valence-electron chi connectivity index (χ1n) is 14.8. The standard InChI is InChI=1S/C35H37Cl2N3O5S/c1-4-20-38-35(42)32(21-26-8-6-5-7-9-26)39(23-27-12-14-28(36)15-13-27)34(41)24-40(29-16-19-33(45-3)31(37)22-29)46(43,44)30-17-10-25(2)11-18-30/h5-19,22,32H,4,20-21,23-24H2,1-3H3,(H,38,42)/t32-/m0/s1. The summed E-state index contributed by atoms with van der Waals surface area (Å²) in [4.78, 5) is 29.7. The number of carbonyl (C=O) groups is 2. The normalized spacial score (nSPS) is 11.8. The summed E-state index contributed by atoms with van der Waals surface area (Å²) in [5, 5.41) is 3.63. The molecule has 8 nitrogen and oxygen atoms in total. The Labute approximate surface area is 280 Å². The van der Waals surface area contributed by atoms with Crippen LogP contribution in [0.15, 0.2) is 102 Å². The molecule has 0 unspecified atom stereocenters. The van der Waals surface area contributed by atoms with Gasteiger partial charge < -0.3 is 15.0 Å². The SMILES string of the molecule is CCCNC(=O)[C@H](Cc1ccccc1)N(Cc1ccc(Cl)cc1)C(=O)CN(c1ccc(OC)c(Cl)c1)S(=O)(=O)c1ccc(C)cc1. The maximum absolute atomic E-state index is 14.5. The Morgan fingerprint density at radius 1 is 0.891 bits per heavy atom. The second-order valence-corrected chi connectivity index (χ2v) is 13.5. The summed E-state index contributed by atoms with van der Waals surface area (Å²) in [6.45, 7) is 3.65. The van der Waals surface area contributed by atoms with E-state index >= 15 is 0 Å². The molecule has 0 spiro atoms. The molecule has 46 heavy (non-hydrogen) atoms. The summed E-state index contributed by atoms with van der Waals surface area (Å²) in [6.07, 6.45) is 0.921. The van der Waals surface area contributed by atoms with Crippen LogP contribution in [0.5, 0.6) is 5.75 Å². The number of ether oxygens (including phenoxy) is 1. The maximum atomic E-state index is 14.5. The molecular formula is C35H37Cl2N3O5S. The van der Waals surface area contributed by atoms with E-state index in [4.69, 9.17) is 27.9 Å². The molecule has 2 amide bonds. The van der Waals surface area contributed by atoms with E-state index in [2.05, 4.69) is 5.32 Å². The van der Waals surface area contributed by atoms with Crippen LogP contribution in [0.2, 0.25) is 10.0 Å². The molecule has 4 rings (SSSR count). The molecule has 0 aliphatic carbocycles. The third kappa shape index (κ3) is 8.81. The molecule has 242 valence electrons. The van der Waals surface area contributed by atoms with Crippen molar-refractivity contribution in [1.82, 2.24) is 10.2 Å². The van der Waals surface area contributed by atoms with Crippen LogP contribution in [-0.4, -0.2) is 51.4 Å². The van der Waals surface area contributed by atoms with Crippen LogP contribution >= 0.6 is 23.2 Å². The highest BCUT2D eigenvalue weighted by Gasteiger charge is 2.34. The number of amides is 2. The molecule has 0 saturated heterocycles. The van der Waals surface area contributed by atoms with Gasteiger partial charge in [-0.05, 0) is 66.9 Å². The fourth-order valence-corrected chi connectivity index (χ4v) is 6.67. The summed E-state index contributed by atoms with van der Waals surface area (Å²) in [6, 6.07) is 26.3. The number of aryl methyl sites for hydroxylation is 1. The smallest absolute Gasteiger partial charge is 0.264 e. The first-order valence-corrected chi connectivity index (χ1v) is 17.0. The largest absolute Gasteiger partial charge is 0.495 e. The van der Waals surface area contributed by atoms with E-state index in [9.17, 15) is 18.0 Å². The van der Waals surface area contributed by atoms with Crippen molar-refractivity contribution in [3.8, 4) is 5.75 Å². The van der Waals surface area contributed by atoms with E-state index in [-0.39, 0.29) is 34.5 Å². The predicted molar refractivity (Wildman–Crippen MR) is 183 cm³/mol. The predicted octanol–water partition coefficient (Wildman–Crippen LogP) is 6.67. The van der Waals surface area contributed by atoms with Gasteiger partial charge in [-0.2, -0.15) is 0 Å². The molecule has 1 atom stereocenters. The van der Waals surface area contributed by atoms with E-state index in [0.717, 1.165) is 21.0 Å². The van der Waals surface area contributed by atoms with E-state index in [0.29, 0.717) is 23.7 Å². The van der Waals surface area contributed by atoms with Crippen molar-refractivity contribution >= 4 is 50.7 Å². The lowest BCUT2D eigenvalue weighted by Gasteiger charge is -2.34. The number of anilines is 1. The van der Waals surface area contributed by atoms with Crippen LogP contribution < -0.4 is 14.4 Å². The lowest BCUT2D eigenvalue weighted by Crippen LogP contribution is -2.53. The second-order valence-electron chi connectivity index (χ2n) is 10.8. The van der Waals surface area contributed by atoms with E-state index < -0.39 is 28.5 Å². The number of rotatable bonds is 14. The molecule has 0 saturated carbocycles. The number of nitrogens with one attached hydrogen (secondary N) is 1. The third-order valence-electron chi connectivity index (χ3n) is 7.40. The number of sulfonamides is 1. The molecule has 0 aliphatic rings. The molecule has 0 fully saturated rings. The first-order chi connectivity index (χ1) is 22.0. The molecule has 0 radical (unpaired) electrons. The summed E-state index contributed by atoms with van der Waals surface area (Å²) in [7, 11) is -2.81. The van der Waals surface area contributed by atoms with Crippen molar-refractivity contribution < 1.29 is 22.7 Å². The molecule has 1 N–H and O–H groups in total. The van der Waals surface area contributed by atoms with Gasteiger partial charge in [0, 0.05) is 24.5 Å². The van der Waals surface area contributed by atoms with Crippen LogP contribution in [-0.2, 0) is 32.6 Å². The summed E-state index contributed by atoms with van der Waals surface area (Å²) in [5.41, 5.74) is 2.62. The maximum Gasteiger partial charge on any atom is 0.264 e. The van der Waals surface area contributed by atoms with Crippen molar-refractivity contribution in [3.05, 3.63) is 124 Å². The van der Waals surface area contributed by atoms with Crippen molar-refractivity contribution in [2.75, 3.05) is 24.5 Å². The van der Waals surface area contributed by atoms with Crippen LogP contribution in [0.4, 0.5) is 5.69 Å². The van der Waals surface area contributed by atoms with Crippen molar-refractivity contribution in [2.45, 2.75) is 44.2 Å². The molecule has 0 aromatic heterocycles. The minimum absolute atomic E-state index is 0.00335. The van der Waals surface area contributed by atoms with E-state index in [1.54, 1.807) is 42.5 Å². The third-order valence-corrected chi connectivity index (χ3v) is 9.73. The van der Waals surface area contributed by atoms with Gasteiger partial charge in [-0.1, -0.05) is 90.3 Å². The van der Waals surface area contributed by atoms with Gasteiger partial charge in [-0.25, -0.2) is 8.42 Å². The first kappa shape index (κ1) is 34.8. The van der Waals surface area contributed by atoms with Crippen LogP contribution in [0.1, 0.15) is 30.0 Å². The average Bonchev–Trinajstić information content (AvgIpc) is 3.05. The van der Waals surface area contributed by atoms with Gasteiger partial charge >= 0.3 is 0 Å². The number of nitrogens with zero attached hydrogens (tertiary/aromatic N) is 2. The van der Waals surface area contributed by atoms with E-state index in [1.165, 1.54) is 36.3 Å². The van der Waals surface area contributed by atoms with Crippen LogP contribution in [0.25, 0.3) is 0 Å². The van der Waals surface area contributed by atoms with Crippen molar-refractivity contribution in [2.24, 2.45) is 0 Å². The molecule has 4 aromatic carbocycles. The van der Waals surface area contributed by atoms with Gasteiger partial charge in [0.15, 0.2) is 0 Å². The molecular weight excluding hydrogens is 645 g/mol. The summed E-state index contributed by atoms with van der Waals surface area (Å²) >= 11 is 12.6. The highest BCUT2D eigenvalue weighted by atomic mass is 35.5. The minimum atomic E-state index is -4.26. The van der Waals surface area contributed by atoms with E-state index in [1.807, 2.05) is 44.2 Å². The van der Waals surface area contributed by atoms with Crippen molar-refractivity contribution in [1.29, 1.82) is 0 Å². The highest BCUT2D eigenvalue weighted by molar-refractivity contribution is 7.92. The minimum Gasteiger partial charge on any atom is -0.495 e. The van der Waals surface area contributed by atoms with Gasteiger partial charge in [0.25, 0.3) is 10.0 Å². The molecule has 0 heterocycles. The van der Waals surface area contributed by atoms with Gasteiger partial charge in [0.05, 0.1) is 22.7 Å². The summed E-state index contributed by atoms with van der Waals surface area (Å²) < 4.78 is 34.7. The average molecular weight is 683 g/mol. The zero-order chi connectivity index (χ0) is 33.3. The molecule has 0 bridgehead atoms. The number of carbonyl (C=O) groups excluding carboxylic acids is 2. The zero-order valence-corrected chi connectivity index (χ0v) is 28.3. The Morgan fingerprint density at radius 2 is 1.57 bits per heavy atom. The van der Waals surface area contributed by atoms with Gasteiger partial charge in [-0.3, -0.25) is 13.9 Å². The van der Waals surface area contributed by atoms with Gasteiger partial charge in [0.2, 0.25) is 11.8 Å². The monoisotopic (exact) mass is 681 g/mol. The number of benzene rings is 4. The fourth-order valence-electron chi connectivity index (χ4n) is 4.88. The number of hydrogen-bond acceptors (Lipinski definition) is 5. The lowest BCUT2D eigenvalue weighted by atomic mass is 10.0. The zero-order valence-electron chi connectivity index (χ0n) is 26.0. The molecule has 0 aliphatic heterocycles. The van der Waals surface area contributed by atoms with Gasteiger partial charge in [-0.15, -0.1) is 0 Å².